The first-order valence-electron chi connectivity index (χ1n) is 10.9. The summed E-state index contributed by atoms with van der Waals surface area (Å²) in [5.41, 5.74) is 2.02. The lowest BCUT2D eigenvalue weighted by Crippen LogP contribution is -2.42. The van der Waals surface area contributed by atoms with Gasteiger partial charge in [-0.15, -0.1) is 0 Å². The van der Waals surface area contributed by atoms with Crippen LogP contribution in [0.2, 0.25) is 0 Å². The molecular formula is C27H26FNO4. The molecule has 170 valence electrons. The second kappa shape index (κ2) is 9.86. The first-order valence-corrected chi connectivity index (χ1v) is 10.9. The summed E-state index contributed by atoms with van der Waals surface area (Å²) in [7, 11) is 3.05. The molecule has 0 N–H and O–H groups in total. The van der Waals surface area contributed by atoms with Crippen LogP contribution in [0.25, 0.3) is 11.1 Å². The molecule has 0 aromatic heterocycles. The van der Waals surface area contributed by atoms with Gasteiger partial charge in [-0.1, -0.05) is 42.5 Å². The van der Waals surface area contributed by atoms with Crippen LogP contribution < -0.4 is 9.47 Å². The molecule has 5 nitrogen and oxygen atoms in total. The second-order valence-corrected chi connectivity index (χ2v) is 8.08. The molecule has 1 aliphatic rings. The van der Waals surface area contributed by atoms with Crippen LogP contribution in [-0.2, 0) is 0 Å². The minimum Gasteiger partial charge on any atom is -0.493 e. The van der Waals surface area contributed by atoms with Gasteiger partial charge in [-0.25, -0.2) is 4.39 Å². The number of hydrogen-bond acceptors (Lipinski definition) is 4. The monoisotopic (exact) mass is 447 g/mol. The zero-order valence-corrected chi connectivity index (χ0v) is 18.7. The number of Topliss-reactive ketones (excluding diaryl/α,β-unsaturated/α-hetero) is 1. The van der Waals surface area contributed by atoms with Gasteiger partial charge in [-0.05, 0) is 42.7 Å². The van der Waals surface area contributed by atoms with E-state index in [2.05, 4.69) is 0 Å². The molecule has 3 aromatic rings. The number of carbonyl (C=O) groups excluding carboxylic acids is 2. The Labute approximate surface area is 192 Å². The summed E-state index contributed by atoms with van der Waals surface area (Å²) in [4.78, 5) is 27.9. The smallest absolute Gasteiger partial charge is 0.254 e. The molecule has 1 atom stereocenters. The van der Waals surface area contributed by atoms with Crippen LogP contribution in [0.3, 0.4) is 0 Å². The number of halogens is 1. The molecule has 33 heavy (non-hydrogen) atoms. The largest absolute Gasteiger partial charge is 0.493 e. The Balaban J connectivity index is 1.50. The molecule has 0 spiro atoms. The van der Waals surface area contributed by atoms with E-state index < -0.39 is 5.82 Å². The van der Waals surface area contributed by atoms with Crippen molar-refractivity contribution in [1.29, 1.82) is 0 Å². The summed E-state index contributed by atoms with van der Waals surface area (Å²) >= 11 is 0. The lowest BCUT2D eigenvalue weighted by atomic mass is 9.89. The molecule has 1 fully saturated rings. The first-order chi connectivity index (χ1) is 16.0. The van der Waals surface area contributed by atoms with E-state index in [0.29, 0.717) is 54.1 Å². The molecule has 4 rings (SSSR count). The molecule has 1 amide bonds. The molecule has 1 aliphatic heterocycles. The minimum absolute atomic E-state index is 0.140. The first kappa shape index (κ1) is 22.5. The van der Waals surface area contributed by atoms with E-state index in [1.807, 2.05) is 30.3 Å². The van der Waals surface area contributed by atoms with Gasteiger partial charge in [0.25, 0.3) is 5.91 Å². The number of piperidine rings is 1. The third-order valence-electron chi connectivity index (χ3n) is 6.05. The zero-order chi connectivity index (χ0) is 23.4. The Hall–Kier alpha value is -3.67. The fourth-order valence-electron chi connectivity index (χ4n) is 4.28. The van der Waals surface area contributed by atoms with Crippen molar-refractivity contribution < 1.29 is 23.5 Å². The highest BCUT2D eigenvalue weighted by atomic mass is 19.1. The van der Waals surface area contributed by atoms with Crippen LogP contribution in [-0.4, -0.2) is 43.9 Å². The topological polar surface area (TPSA) is 55.8 Å². The maximum absolute atomic E-state index is 14.8. The van der Waals surface area contributed by atoms with Gasteiger partial charge in [0.2, 0.25) is 0 Å². The van der Waals surface area contributed by atoms with Crippen LogP contribution in [0, 0.1) is 11.7 Å². The molecule has 6 heteroatoms. The number of benzene rings is 3. The number of rotatable bonds is 6. The number of carbonyl (C=O) groups is 2. The van der Waals surface area contributed by atoms with Crippen LogP contribution >= 0.6 is 0 Å². The minimum atomic E-state index is -0.430. The van der Waals surface area contributed by atoms with Crippen molar-refractivity contribution in [2.75, 3.05) is 27.3 Å². The van der Waals surface area contributed by atoms with Crippen LogP contribution in [0.5, 0.6) is 11.5 Å². The van der Waals surface area contributed by atoms with Crippen molar-refractivity contribution in [2.24, 2.45) is 5.92 Å². The van der Waals surface area contributed by atoms with Gasteiger partial charge in [0.05, 0.1) is 14.2 Å². The van der Waals surface area contributed by atoms with Crippen molar-refractivity contribution >= 4 is 11.7 Å². The summed E-state index contributed by atoms with van der Waals surface area (Å²) < 4.78 is 25.3. The number of hydrogen-bond donors (Lipinski definition) is 0. The molecule has 0 bridgehead atoms. The van der Waals surface area contributed by atoms with Gasteiger partial charge < -0.3 is 14.4 Å². The van der Waals surface area contributed by atoms with E-state index in [4.69, 9.17) is 9.47 Å². The van der Waals surface area contributed by atoms with Gasteiger partial charge in [0.1, 0.15) is 5.82 Å². The van der Waals surface area contributed by atoms with E-state index in [1.54, 1.807) is 35.2 Å². The predicted octanol–water partition coefficient (Wildman–Crippen LogP) is 5.25. The van der Waals surface area contributed by atoms with Crippen molar-refractivity contribution in [3.63, 3.8) is 0 Å². The fraction of sp³-hybridized carbons (Fsp3) is 0.259. The van der Waals surface area contributed by atoms with E-state index >= 15 is 0 Å². The highest BCUT2D eigenvalue weighted by molar-refractivity contribution is 6.00. The number of ether oxygens (including phenoxy) is 2. The number of amides is 1. The van der Waals surface area contributed by atoms with Gasteiger partial charge >= 0.3 is 0 Å². The third kappa shape index (κ3) is 4.75. The summed E-state index contributed by atoms with van der Waals surface area (Å²) in [5, 5.41) is 0. The maximum Gasteiger partial charge on any atom is 0.254 e. The average Bonchev–Trinajstić information content (AvgIpc) is 2.87. The van der Waals surface area contributed by atoms with E-state index in [0.717, 1.165) is 5.56 Å². The molecule has 0 radical (unpaired) electrons. The molecule has 0 aliphatic carbocycles. The van der Waals surface area contributed by atoms with Gasteiger partial charge in [0, 0.05) is 35.7 Å². The Kier molecular flexibility index (Phi) is 6.73. The van der Waals surface area contributed by atoms with E-state index in [9.17, 15) is 14.0 Å². The second-order valence-electron chi connectivity index (χ2n) is 8.08. The van der Waals surface area contributed by atoms with Crippen LogP contribution in [0.15, 0.2) is 66.7 Å². The lowest BCUT2D eigenvalue weighted by molar-refractivity contribution is 0.0636. The van der Waals surface area contributed by atoms with Gasteiger partial charge in [-0.2, -0.15) is 0 Å². The Morgan fingerprint density at radius 3 is 2.33 bits per heavy atom. The highest BCUT2D eigenvalue weighted by Gasteiger charge is 2.30. The van der Waals surface area contributed by atoms with E-state index in [-0.39, 0.29) is 17.6 Å². The fourth-order valence-corrected chi connectivity index (χ4v) is 4.28. The normalized spacial score (nSPS) is 15.7. The third-order valence-corrected chi connectivity index (χ3v) is 6.05. The van der Waals surface area contributed by atoms with E-state index in [1.165, 1.54) is 20.3 Å². The average molecular weight is 448 g/mol. The quantitative estimate of drug-likeness (QED) is 0.485. The Morgan fingerprint density at radius 2 is 1.64 bits per heavy atom. The standard InChI is InChI=1S/C27H26FNO4/c1-32-24-13-11-20(16-25(24)33-2)27(31)29-14-6-9-21(17-29)26(30)19-10-12-22(23(28)15-19)18-7-4-3-5-8-18/h3-5,7-8,10-13,15-16,21H,6,9,14,17H2,1-2H3/t21-/m1/s1. The molecule has 0 unspecified atom stereocenters. The van der Waals surface area contributed by atoms with Crippen molar-refractivity contribution in [1.82, 2.24) is 4.90 Å². The van der Waals surface area contributed by atoms with Crippen molar-refractivity contribution in [2.45, 2.75) is 12.8 Å². The number of likely N-dealkylation sites (tertiary alicyclic amines) is 1. The maximum atomic E-state index is 14.8. The summed E-state index contributed by atoms with van der Waals surface area (Å²) in [6.07, 6.45) is 1.37. The Bertz CT molecular complexity index is 1160. The summed E-state index contributed by atoms with van der Waals surface area (Å²) in [6, 6.07) is 18.9. The SMILES string of the molecule is COc1ccc(C(=O)N2CCC[C@@H](C(=O)c3ccc(-c4ccccc4)c(F)c3)C2)cc1OC. The molecule has 1 heterocycles. The summed E-state index contributed by atoms with van der Waals surface area (Å²) in [6.45, 7) is 0.867. The number of ketones is 1. The van der Waals surface area contributed by atoms with Gasteiger partial charge in [0.15, 0.2) is 17.3 Å². The molecule has 1 saturated heterocycles. The van der Waals surface area contributed by atoms with Crippen molar-refractivity contribution in [3.05, 3.63) is 83.7 Å². The predicted molar refractivity (Wildman–Crippen MR) is 124 cm³/mol. The summed E-state index contributed by atoms with van der Waals surface area (Å²) in [5.74, 6) is -0.0907. The molecular weight excluding hydrogens is 421 g/mol. The van der Waals surface area contributed by atoms with Crippen LogP contribution in [0.1, 0.15) is 33.6 Å². The highest BCUT2D eigenvalue weighted by Crippen LogP contribution is 2.30. The van der Waals surface area contributed by atoms with Crippen LogP contribution in [0.4, 0.5) is 4.39 Å². The molecule has 3 aromatic carbocycles. The zero-order valence-electron chi connectivity index (χ0n) is 18.7. The Morgan fingerprint density at radius 1 is 0.909 bits per heavy atom. The lowest BCUT2D eigenvalue weighted by Gasteiger charge is -2.32. The van der Waals surface area contributed by atoms with Gasteiger partial charge in [-0.3, -0.25) is 9.59 Å². The number of methoxy groups -OCH3 is 2. The number of nitrogens with zero attached hydrogens (tertiary/aromatic N) is 1. The molecule has 0 saturated carbocycles. The van der Waals surface area contributed by atoms with Crippen molar-refractivity contribution in [3.8, 4) is 22.6 Å².